The van der Waals surface area contributed by atoms with E-state index in [1.807, 2.05) is 21.6 Å². The molecule has 1 saturated heterocycles. The molecule has 164 valence electrons. The molecule has 2 N–H and O–H groups in total. The van der Waals surface area contributed by atoms with E-state index in [0.29, 0.717) is 30.3 Å². The second kappa shape index (κ2) is 8.98. The number of nitrogens with zero attached hydrogens (tertiary/aromatic N) is 2. The number of amides is 1. The first-order valence-electron chi connectivity index (χ1n) is 9.90. The molecule has 3 atom stereocenters. The Morgan fingerprint density at radius 1 is 1.03 bits per heavy atom. The highest BCUT2D eigenvalue weighted by Crippen LogP contribution is 2.35. The van der Waals surface area contributed by atoms with E-state index in [2.05, 4.69) is 10.6 Å². The third kappa shape index (κ3) is 5.00. The number of thiocarbonyl (C=S) groups is 1. The van der Waals surface area contributed by atoms with E-state index in [1.165, 1.54) is 0 Å². The van der Waals surface area contributed by atoms with Crippen LogP contribution < -0.4 is 16.2 Å². The Morgan fingerprint density at radius 2 is 1.77 bits per heavy atom. The first-order valence-corrected chi connectivity index (χ1v) is 11.4. The van der Waals surface area contributed by atoms with E-state index >= 15 is 0 Å². The van der Waals surface area contributed by atoms with Gasteiger partial charge in [-0.2, -0.15) is 0 Å². The van der Waals surface area contributed by atoms with E-state index in [9.17, 15) is 9.59 Å². The van der Waals surface area contributed by atoms with E-state index in [4.69, 9.17) is 47.0 Å². The maximum atomic E-state index is 12.6. The maximum absolute atomic E-state index is 12.6. The number of fused-ring (bicyclic) bond motifs is 4. The fraction of sp³-hybridized carbons (Fsp3) is 0.381. The number of pyridine rings is 1. The highest BCUT2D eigenvalue weighted by atomic mass is 35.6. The number of hydrogen-bond acceptors (Lipinski definition) is 3. The molecular formula is C21H21Cl3N4O2S. The van der Waals surface area contributed by atoms with Gasteiger partial charge in [0, 0.05) is 42.9 Å². The third-order valence-electron chi connectivity index (χ3n) is 5.67. The summed E-state index contributed by atoms with van der Waals surface area (Å²) in [6, 6.07) is 14.1. The molecule has 1 unspecified atom stereocenters. The van der Waals surface area contributed by atoms with Crippen LogP contribution in [-0.2, 0) is 6.54 Å². The van der Waals surface area contributed by atoms with Crippen LogP contribution in [0.4, 0.5) is 0 Å². The number of aromatic nitrogens is 1. The lowest BCUT2D eigenvalue weighted by Gasteiger charge is -2.44. The van der Waals surface area contributed by atoms with Gasteiger partial charge in [0.1, 0.15) is 6.17 Å². The third-order valence-corrected chi connectivity index (χ3v) is 6.70. The Kier molecular flexibility index (Phi) is 6.49. The smallest absolute Gasteiger partial charge is 0.252 e. The van der Waals surface area contributed by atoms with Crippen LogP contribution in [0.1, 0.15) is 28.4 Å². The van der Waals surface area contributed by atoms with Crippen molar-refractivity contribution in [1.82, 2.24) is 20.1 Å². The molecule has 6 nitrogen and oxygen atoms in total. The number of hydrogen-bond donors (Lipinski definition) is 2. The van der Waals surface area contributed by atoms with Crippen molar-refractivity contribution in [3.63, 3.8) is 0 Å². The van der Waals surface area contributed by atoms with E-state index in [-0.39, 0.29) is 23.3 Å². The molecule has 1 aromatic heterocycles. The summed E-state index contributed by atoms with van der Waals surface area (Å²) in [5.74, 6) is 0.0959. The quantitative estimate of drug-likeness (QED) is 0.385. The second-order valence-corrected chi connectivity index (χ2v) is 10.6. The second-order valence-electron chi connectivity index (χ2n) is 7.87. The molecule has 4 rings (SSSR count). The van der Waals surface area contributed by atoms with Crippen LogP contribution >= 0.6 is 47.0 Å². The number of alkyl halides is 3. The Hall–Kier alpha value is -1.80. The molecule has 0 aliphatic carbocycles. The number of piperidine rings is 1. The van der Waals surface area contributed by atoms with Gasteiger partial charge in [-0.25, -0.2) is 0 Å². The molecule has 0 radical (unpaired) electrons. The van der Waals surface area contributed by atoms with Gasteiger partial charge in [0.05, 0.1) is 0 Å². The minimum absolute atomic E-state index is 0.0289. The molecule has 2 aromatic rings. The predicted molar refractivity (Wildman–Crippen MR) is 127 cm³/mol. The van der Waals surface area contributed by atoms with E-state index in [1.54, 1.807) is 36.4 Å². The highest BCUT2D eigenvalue weighted by molar-refractivity contribution is 7.80. The Labute approximate surface area is 200 Å². The molecule has 0 saturated carbocycles. The van der Waals surface area contributed by atoms with Crippen LogP contribution in [0.15, 0.2) is 53.3 Å². The van der Waals surface area contributed by atoms with Gasteiger partial charge in [0.25, 0.3) is 11.5 Å². The summed E-state index contributed by atoms with van der Waals surface area (Å²) in [6.45, 7) is 1.98. The summed E-state index contributed by atoms with van der Waals surface area (Å²) < 4.78 is 0.0386. The average Bonchev–Trinajstić information content (AvgIpc) is 2.73. The fourth-order valence-electron chi connectivity index (χ4n) is 4.28. The topological polar surface area (TPSA) is 66.4 Å². The average molecular weight is 500 g/mol. The number of rotatable bonds is 3. The van der Waals surface area contributed by atoms with Crippen molar-refractivity contribution in [2.24, 2.45) is 5.92 Å². The zero-order valence-electron chi connectivity index (χ0n) is 16.4. The lowest BCUT2D eigenvalue weighted by molar-refractivity contribution is 0.0932. The largest absolute Gasteiger partial charge is 0.348 e. The zero-order valence-corrected chi connectivity index (χ0v) is 19.5. The van der Waals surface area contributed by atoms with Crippen LogP contribution in [0, 0.1) is 5.92 Å². The number of halogens is 3. The molecule has 1 fully saturated rings. The summed E-state index contributed by atoms with van der Waals surface area (Å²) in [5, 5.41) is 6.12. The van der Waals surface area contributed by atoms with Crippen molar-refractivity contribution in [3.8, 4) is 0 Å². The van der Waals surface area contributed by atoms with Crippen LogP contribution in [0.3, 0.4) is 0 Å². The van der Waals surface area contributed by atoms with Crippen molar-refractivity contribution >= 4 is 58.0 Å². The number of carbonyl (C=O) groups excluding carboxylic acids is 1. The van der Waals surface area contributed by atoms with Gasteiger partial charge < -0.3 is 20.1 Å². The number of nitrogens with one attached hydrogen (secondary N) is 2. The Balaban J connectivity index is 1.47. The van der Waals surface area contributed by atoms with Crippen molar-refractivity contribution < 1.29 is 4.79 Å². The van der Waals surface area contributed by atoms with E-state index < -0.39 is 9.96 Å². The van der Waals surface area contributed by atoms with Crippen LogP contribution in [-0.4, -0.2) is 43.5 Å². The molecule has 0 spiro atoms. The molecule has 1 amide bonds. The standard InChI is InChI=1S/C21H21Cl3N4O2S/c22-21(23,24)19(25-18(30)14-5-2-1-3-6-14)26-20(31)27-10-13-9-15(12-27)16-7-4-8-17(29)28(16)11-13/h1-8,13,15,19H,9-12H2,(H,25,30)(H,26,31)/t13-,15+,19?/m0/s1. The fourth-order valence-corrected chi connectivity index (χ4v) is 4.88. The van der Waals surface area contributed by atoms with Crippen LogP contribution in [0.5, 0.6) is 0 Å². The summed E-state index contributed by atoms with van der Waals surface area (Å²) in [4.78, 5) is 26.8. The van der Waals surface area contributed by atoms with Crippen molar-refractivity contribution in [1.29, 1.82) is 0 Å². The molecule has 2 bridgehead atoms. The minimum Gasteiger partial charge on any atom is -0.348 e. The number of carbonyl (C=O) groups is 1. The molecule has 2 aliphatic heterocycles. The monoisotopic (exact) mass is 498 g/mol. The van der Waals surface area contributed by atoms with Gasteiger partial charge in [0.15, 0.2) is 5.11 Å². The normalized spacial score (nSPS) is 21.1. The Morgan fingerprint density at radius 3 is 2.48 bits per heavy atom. The van der Waals surface area contributed by atoms with Crippen molar-refractivity contribution in [2.75, 3.05) is 13.1 Å². The molecule has 10 heteroatoms. The van der Waals surface area contributed by atoms with Crippen molar-refractivity contribution in [3.05, 3.63) is 70.1 Å². The maximum Gasteiger partial charge on any atom is 0.252 e. The van der Waals surface area contributed by atoms with Crippen LogP contribution in [0.2, 0.25) is 0 Å². The van der Waals surface area contributed by atoms with Gasteiger partial charge in [0.2, 0.25) is 3.79 Å². The summed E-state index contributed by atoms with van der Waals surface area (Å²) >= 11 is 24.0. The first kappa shape index (κ1) is 22.4. The predicted octanol–water partition coefficient (Wildman–Crippen LogP) is 3.27. The van der Waals surface area contributed by atoms with Gasteiger partial charge in [-0.15, -0.1) is 0 Å². The number of benzene rings is 1. The van der Waals surface area contributed by atoms with Gasteiger partial charge in [-0.3, -0.25) is 9.59 Å². The molecule has 2 aliphatic rings. The zero-order chi connectivity index (χ0) is 22.2. The highest BCUT2D eigenvalue weighted by Gasteiger charge is 2.39. The molecular weight excluding hydrogens is 479 g/mol. The van der Waals surface area contributed by atoms with Gasteiger partial charge >= 0.3 is 0 Å². The number of likely N-dealkylation sites (tertiary alicyclic amines) is 1. The lowest BCUT2D eigenvalue weighted by Crippen LogP contribution is -2.60. The van der Waals surface area contributed by atoms with E-state index in [0.717, 1.165) is 12.1 Å². The minimum atomic E-state index is -1.82. The lowest BCUT2D eigenvalue weighted by atomic mass is 9.83. The van der Waals surface area contributed by atoms with Crippen molar-refractivity contribution in [2.45, 2.75) is 28.8 Å². The molecule has 31 heavy (non-hydrogen) atoms. The summed E-state index contributed by atoms with van der Waals surface area (Å²) in [7, 11) is 0. The summed E-state index contributed by atoms with van der Waals surface area (Å²) in [5.41, 5.74) is 1.50. The Bertz CT molecular complexity index is 1040. The SMILES string of the molecule is O=C(NC(NC(=S)N1C[C@@H]2C[C@H](C1)c1cccc(=O)n1C2)C(Cl)(Cl)Cl)c1ccccc1. The van der Waals surface area contributed by atoms with Gasteiger partial charge in [-0.05, 0) is 42.8 Å². The van der Waals surface area contributed by atoms with Crippen LogP contribution in [0.25, 0.3) is 0 Å². The molecule has 1 aromatic carbocycles. The molecule has 3 heterocycles. The van der Waals surface area contributed by atoms with Gasteiger partial charge in [-0.1, -0.05) is 59.1 Å². The summed E-state index contributed by atoms with van der Waals surface area (Å²) in [6.07, 6.45) is -0.0179. The first-order chi connectivity index (χ1) is 14.7.